The highest BCUT2D eigenvalue weighted by Crippen LogP contribution is 2.18. The fourth-order valence-electron chi connectivity index (χ4n) is 2.33. The van der Waals surface area contributed by atoms with Crippen LogP contribution in [0.15, 0.2) is 6.07 Å². The number of hydrogen-bond donors (Lipinski definition) is 1. The number of aryl methyl sites for hydroxylation is 2. The number of likely N-dealkylation sites (tertiary alicyclic amines) is 1. The number of carbonyl (C=O) groups excluding carboxylic acids is 1. The molecule has 5 nitrogen and oxygen atoms in total. The molecule has 5 heteroatoms. The van der Waals surface area contributed by atoms with Crippen molar-refractivity contribution in [1.82, 2.24) is 14.7 Å². The van der Waals surface area contributed by atoms with Gasteiger partial charge in [-0.05, 0) is 32.3 Å². The van der Waals surface area contributed by atoms with Crippen LogP contribution in [0.1, 0.15) is 35.4 Å². The molecule has 1 amide bonds. The molecule has 1 aliphatic heterocycles. The Morgan fingerprint density at radius 3 is 2.94 bits per heavy atom. The third-order valence-electron chi connectivity index (χ3n) is 3.49. The smallest absolute Gasteiger partial charge is 0.274 e. The van der Waals surface area contributed by atoms with Gasteiger partial charge in [-0.15, -0.1) is 0 Å². The Morgan fingerprint density at radius 1 is 1.59 bits per heavy atom. The van der Waals surface area contributed by atoms with E-state index in [1.807, 2.05) is 24.9 Å². The molecule has 1 aromatic heterocycles. The molecule has 1 aromatic rings. The summed E-state index contributed by atoms with van der Waals surface area (Å²) in [6, 6.07) is 2.02. The van der Waals surface area contributed by atoms with Gasteiger partial charge in [0.1, 0.15) is 0 Å². The highest BCUT2D eigenvalue weighted by Gasteiger charge is 2.27. The van der Waals surface area contributed by atoms with E-state index < -0.39 is 0 Å². The molecule has 1 atom stereocenters. The molecule has 1 fully saturated rings. The monoisotopic (exact) mass is 236 g/mol. The molecule has 94 valence electrons. The second-order valence-electron chi connectivity index (χ2n) is 4.68. The molecule has 2 heterocycles. The van der Waals surface area contributed by atoms with Crippen molar-refractivity contribution in [2.75, 3.05) is 13.1 Å². The van der Waals surface area contributed by atoms with Gasteiger partial charge in [0, 0.05) is 31.9 Å². The molecule has 2 N–H and O–H groups in total. The third-order valence-corrected chi connectivity index (χ3v) is 3.49. The molecule has 0 radical (unpaired) electrons. The molecule has 2 rings (SSSR count). The normalized spacial score (nSPS) is 20.6. The molecule has 0 aliphatic carbocycles. The molecule has 0 spiro atoms. The van der Waals surface area contributed by atoms with Gasteiger partial charge >= 0.3 is 0 Å². The first-order valence-corrected chi connectivity index (χ1v) is 6.15. The van der Waals surface area contributed by atoms with E-state index in [0.717, 1.165) is 31.5 Å². The lowest BCUT2D eigenvalue weighted by Crippen LogP contribution is -2.47. The lowest BCUT2D eigenvalue weighted by atomic mass is 10.0. The van der Waals surface area contributed by atoms with Gasteiger partial charge in [0.15, 0.2) is 5.69 Å². The molecule has 1 aliphatic rings. The lowest BCUT2D eigenvalue weighted by Gasteiger charge is -2.34. The van der Waals surface area contributed by atoms with Crippen molar-refractivity contribution in [3.63, 3.8) is 0 Å². The summed E-state index contributed by atoms with van der Waals surface area (Å²) in [5.41, 5.74) is 7.25. The number of aromatic nitrogens is 2. The van der Waals surface area contributed by atoms with Crippen molar-refractivity contribution < 1.29 is 4.79 Å². The van der Waals surface area contributed by atoms with Crippen LogP contribution >= 0.6 is 0 Å². The zero-order chi connectivity index (χ0) is 12.4. The third kappa shape index (κ3) is 2.34. The fourth-order valence-corrected chi connectivity index (χ4v) is 2.33. The zero-order valence-electron chi connectivity index (χ0n) is 10.5. The van der Waals surface area contributed by atoms with Crippen molar-refractivity contribution in [2.24, 2.45) is 12.8 Å². The molecule has 0 bridgehead atoms. The van der Waals surface area contributed by atoms with E-state index in [1.165, 1.54) is 0 Å². The van der Waals surface area contributed by atoms with E-state index in [9.17, 15) is 4.79 Å². The van der Waals surface area contributed by atoms with Crippen LogP contribution in [0, 0.1) is 6.92 Å². The molecule has 0 aromatic carbocycles. The van der Waals surface area contributed by atoms with Gasteiger partial charge in [-0.25, -0.2) is 0 Å². The van der Waals surface area contributed by atoms with Crippen LogP contribution in [-0.2, 0) is 7.05 Å². The molecular formula is C12H20N4O. The van der Waals surface area contributed by atoms with Crippen LogP contribution in [-0.4, -0.2) is 39.7 Å². The van der Waals surface area contributed by atoms with Crippen molar-refractivity contribution >= 4 is 5.91 Å². The molecule has 17 heavy (non-hydrogen) atoms. The average molecular weight is 236 g/mol. The number of nitrogens with two attached hydrogens (primary N) is 1. The second kappa shape index (κ2) is 4.87. The Kier molecular flexibility index (Phi) is 3.47. The zero-order valence-corrected chi connectivity index (χ0v) is 10.5. The summed E-state index contributed by atoms with van der Waals surface area (Å²) in [6.07, 6.45) is 3.23. The van der Waals surface area contributed by atoms with Gasteiger partial charge in [0.05, 0.1) is 0 Å². The topological polar surface area (TPSA) is 64.2 Å². The largest absolute Gasteiger partial charge is 0.333 e. The van der Waals surface area contributed by atoms with Gasteiger partial charge < -0.3 is 10.6 Å². The minimum absolute atomic E-state index is 0.0175. The maximum absolute atomic E-state index is 12.3. The first kappa shape index (κ1) is 12.1. The van der Waals surface area contributed by atoms with Crippen LogP contribution < -0.4 is 5.73 Å². The van der Waals surface area contributed by atoms with Crippen molar-refractivity contribution in [3.8, 4) is 0 Å². The Hall–Kier alpha value is -1.36. The fraction of sp³-hybridized carbons (Fsp3) is 0.667. The molecule has 0 saturated carbocycles. The van der Waals surface area contributed by atoms with Crippen LogP contribution in [0.5, 0.6) is 0 Å². The number of nitrogens with zero attached hydrogens (tertiary/aromatic N) is 3. The first-order valence-electron chi connectivity index (χ1n) is 6.15. The molecule has 1 saturated heterocycles. The second-order valence-corrected chi connectivity index (χ2v) is 4.68. The number of carbonyl (C=O) groups is 1. The highest BCUT2D eigenvalue weighted by molar-refractivity contribution is 5.92. The van der Waals surface area contributed by atoms with E-state index in [4.69, 9.17) is 5.73 Å². The highest BCUT2D eigenvalue weighted by atomic mass is 16.2. The number of hydrogen-bond acceptors (Lipinski definition) is 3. The Bertz CT molecular complexity index is 393. The maximum Gasteiger partial charge on any atom is 0.274 e. The predicted molar refractivity (Wildman–Crippen MR) is 65.7 cm³/mol. The summed E-state index contributed by atoms with van der Waals surface area (Å²) >= 11 is 0. The minimum atomic E-state index is 0.0175. The Balaban J connectivity index is 2.18. The summed E-state index contributed by atoms with van der Waals surface area (Å²) in [6.45, 7) is 3.29. The first-order chi connectivity index (χ1) is 8.13. The van der Waals surface area contributed by atoms with E-state index >= 15 is 0 Å². The average Bonchev–Trinajstić information content (AvgIpc) is 2.68. The predicted octanol–water partition coefficient (Wildman–Crippen LogP) is 0.682. The Labute approximate surface area is 102 Å². The number of piperidine rings is 1. The minimum Gasteiger partial charge on any atom is -0.333 e. The number of amides is 1. The van der Waals surface area contributed by atoms with Crippen molar-refractivity contribution in [1.29, 1.82) is 0 Å². The van der Waals surface area contributed by atoms with Crippen molar-refractivity contribution in [3.05, 3.63) is 17.5 Å². The van der Waals surface area contributed by atoms with E-state index in [0.29, 0.717) is 12.2 Å². The summed E-state index contributed by atoms with van der Waals surface area (Å²) in [7, 11) is 1.85. The van der Waals surface area contributed by atoms with E-state index in [1.54, 1.807) is 4.68 Å². The summed E-state index contributed by atoms with van der Waals surface area (Å²) in [4.78, 5) is 14.2. The Morgan fingerprint density at radius 2 is 2.35 bits per heavy atom. The van der Waals surface area contributed by atoms with Crippen LogP contribution in [0.4, 0.5) is 0 Å². The van der Waals surface area contributed by atoms with E-state index in [-0.39, 0.29) is 11.9 Å². The maximum atomic E-state index is 12.3. The molecular weight excluding hydrogens is 216 g/mol. The van der Waals surface area contributed by atoms with Gasteiger partial charge in [-0.3, -0.25) is 9.48 Å². The van der Waals surface area contributed by atoms with Gasteiger partial charge in [0.25, 0.3) is 5.91 Å². The van der Waals surface area contributed by atoms with Gasteiger partial charge in [-0.2, -0.15) is 5.10 Å². The van der Waals surface area contributed by atoms with Crippen LogP contribution in [0.3, 0.4) is 0 Å². The molecule has 1 unspecified atom stereocenters. The summed E-state index contributed by atoms with van der Waals surface area (Å²) < 4.78 is 1.73. The van der Waals surface area contributed by atoms with E-state index in [2.05, 4.69) is 5.10 Å². The van der Waals surface area contributed by atoms with Crippen LogP contribution in [0.25, 0.3) is 0 Å². The summed E-state index contributed by atoms with van der Waals surface area (Å²) in [5.74, 6) is 0.0175. The summed E-state index contributed by atoms with van der Waals surface area (Å²) in [5, 5.41) is 4.24. The van der Waals surface area contributed by atoms with Gasteiger partial charge in [0.2, 0.25) is 0 Å². The van der Waals surface area contributed by atoms with Crippen molar-refractivity contribution in [2.45, 2.75) is 32.2 Å². The quantitative estimate of drug-likeness (QED) is 0.821. The standard InChI is InChI=1S/C12H20N4O/c1-9-7-11(14-15(9)2)12(17)16-6-4-3-5-10(16)8-13/h7,10H,3-6,8,13H2,1-2H3. The van der Waals surface area contributed by atoms with Crippen LogP contribution in [0.2, 0.25) is 0 Å². The van der Waals surface area contributed by atoms with Gasteiger partial charge in [-0.1, -0.05) is 0 Å². The lowest BCUT2D eigenvalue weighted by molar-refractivity contribution is 0.0616. The SMILES string of the molecule is Cc1cc(C(=O)N2CCCCC2CN)nn1C. The number of rotatable bonds is 2.